The first-order valence-corrected chi connectivity index (χ1v) is 9.74. The van der Waals surface area contributed by atoms with Crippen molar-refractivity contribution in [3.05, 3.63) is 63.1 Å². The molecule has 8 nitrogen and oxygen atoms in total. The lowest BCUT2D eigenvalue weighted by molar-refractivity contribution is -0.122. The number of anilines is 1. The number of nitrogens with one attached hydrogen (secondary N) is 1. The summed E-state index contributed by atoms with van der Waals surface area (Å²) in [5, 5.41) is 2.52. The SMILES string of the molecule is CCOc1c(Cl)cc(/C=C2\C(=O)NC(=O)N(c3ccc(C(=O)OC)cc3)C2=O)cc1Cl. The Bertz CT molecular complexity index is 1090. The summed E-state index contributed by atoms with van der Waals surface area (Å²) in [6, 6.07) is 7.63. The van der Waals surface area contributed by atoms with Crippen molar-refractivity contribution >= 4 is 58.8 Å². The molecule has 10 heteroatoms. The molecule has 0 unspecified atom stereocenters. The van der Waals surface area contributed by atoms with Gasteiger partial charge in [0.1, 0.15) is 5.57 Å². The third-order valence-corrected chi connectivity index (χ3v) is 4.83. The van der Waals surface area contributed by atoms with E-state index < -0.39 is 23.8 Å². The number of halogens is 2. The Morgan fingerprint density at radius 3 is 2.26 bits per heavy atom. The second-order valence-corrected chi connectivity index (χ2v) is 7.06. The molecular weight excluding hydrogens is 447 g/mol. The van der Waals surface area contributed by atoms with E-state index in [4.69, 9.17) is 27.9 Å². The first-order valence-electron chi connectivity index (χ1n) is 8.98. The average molecular weight is 463 g/mol. The van der Waals surface area contributed by atoms with Crippen LogP contribution in [-0.2, 0) is 14.3 Å². The van der Waals surface area contributed by atoms with Gasteiger partial charge in [-0.1, -0.05) is 23.2 Å². The molecule has 1 fully saturated rings. The fraction of sp³-hybridized carbons (Fsp3) is 0.143. The van der Waals surface area contributed by atoms with Gasteiger partial charge in [-0.25, -0.2) is 14.5 Å². The smallest absolute Gasteiger partial charge is 0.337 e. The zero-order chi connectivity index (χ0) is 22.7. The van der Waals surface area contributed by atoms with Crippen LogP contribution >= 0.6 is 23.2 Å². The molecule has 2 aromatic rings. The standard InChI is InChI=1S/C21H16Cl2N2O6/c1-3-31-17-15(22)9-11(10-16(17)23)8-14-18(26)24-21(29)25(19(14)27)13-6-4-12(5-7-13)20(28)30-2/h4-10H,3H2,1-2H3,(H,24,26,29)/b14-8+. The number of carbonyl (C=O) groups is 4. The van der Waals surface area contributed by atoms with E-state index in [-0.39, 0.29) is 32.6 Å². The molecule has 1 heterocycles. The molecule has 160 valence electrons. The van der Waals surface area contributed by atoms with Crippen LogP contribution in [0.15, 0.2) is 42.0 Å². The summed E-state index contributed by atoms with van der Waals surface area (Å²) in [6.45, 7) is 2.13. The van der Waals surface area contributed by atoms with Crippen molar-refractivity contribution in [1.82, 2.24) is 5.32 Å². The molecule has 4 amide bonds. The number of rotatable bonds is 5. The number of methoxy groups -OCH3 is 1. The largest absolute Gasteiger partial charge is 0.491 e. The van der Waals surface area contributed by atoms with Crippen LogP contribution in [0.25, 0.3) is 6.08 Å². The number of amides is 4. The lowest BCUT2D eigenvalue weighted by Crippen LogP contribution is -2.54. The first kappa shape index (κ1) is 22.3. The van der Waals surface area contributed by atoms with E-state index in [9.17, 15) is 19.2 Å². The fourth-order valence-corrected chi connectivity index (χ4v) is 3.48. The van der Waals surface area contributed by atoms with Crippen LogP contribution in [-0.4, -0.2) is 37.5 Å². The van der Waals surface area contributed by atoms with Crippen molar-refractivity contribution in [2.75, 3.05) is 18.6 Å². The van der Waals surface area contributed by atoms with Crippen LogP contribution in [0.2, 0.25) is 10.0 Å². The van der Waals surface area contributed by atoms with Gasteiger partial charge in [0.25, 0.3) is 11.8 Å². The highest BCUT2D eigenvalue weighted by molar-refractivity contribution is 6.40. The maximum Gasteiger partial charge on any atom is 0.337 e. The lowest BCUT2D eigenvalue weighted by Gasteiger charge is -2.26. The van der Waals surface area contributed by atoms with Crippen molar-refractivity contribution in [2.45, 2.75) is 6.92 Å². The number of barbiturate groups is 1. The number of hydrogen-bond acceptors (Lipinski definition) is 6. The molecule has 0 bridgehead atoms. The van der Waals surface area contributed by atoms with E-state index in [2.05, 4.69) is 10.1 Å². The number of benzene rings is 2. The molecule has 31 heavy (non-hydrogen) atoms. The minimum absolute atomic E-state index is 0.163. The maximum atomic E-state index is 13.0. The Morgan fingerprint density at radius 1 is 1.10 bits per heavy atom. The molecule has 2 aromatic carbocycles. The van der Waals surface area contributed by atoms with Crippen LogP contribution < -0.4 is 15.0 Å². The van der Waals surface area contributed by atoms with Crippen LogP contribution in [0, 0.1) is 0 Å². The zero-order valence-corrected chi connectivity index (χ0v) is 17.9. The Morgan fingerprint density at radius 2 is 1.71 bits per heavy atom. The second-order valence-electron chi connectivity index (χ2n) is 6.24. The Labute approximate surface area is 187 Å². The monoisotopic (exact) mass is 462 g/mol. The summed E-state index contributed by atoms with van der Waals surface area (Å²) in [4.78, 5) is 50.0. The minimum Gasteiger partial charge on any atom is -0.491 e. The highest BCUT2D eigenvalue weighted by Crippen LogP contribution is 2.35. The predicted octanol–water partition coefficient (Wildman–Crippen LogP) is 3.85. The van der Waals surface area contributed by atoms with Crippen molar-refractivity contribution in [1.29, 1.82) is 0 Å². The van der Waals surface area contributed by atoms with Gasteiger partial charge in [0.05, 0.1) is 35.0 Å². The number of imide groups is 2. The summed E-state index contributed by atoms with van der Waals surface area (Å²) >= 11 is 12.4. The quantitative estimate of drug-likeness (QED) is 0.411. The number of carbonyl (C=O) groups excluding carboxylic acids is 4. The second kappa shape index (κ2) is 9.20. The Kier molecular flexibility index (Phi) is 6.62. The Hall–Kier alpha value is -3.36. The first-order chi connectivity index (χ1) is 14.8. The normalized spacial score (nSPS) is 15.2. The van der Waals surface area contributed by atoms with E-state index in [0.717, 1.165) is 4.90 Å². The number of ether oxygens (including phenoxy) is 2. The molecule has 1 aliphatic heterocycles. The van der Waals surface area contributed by atoms with Gasteiger partial charge in [0.15, 0.2) is 5.75 Å². The molecule has 1 N–H and O–H groups in total. The van der Waals surface area contributed by atoms with Gasteiger partial charge in [0, 0.05) is 0 Å². The summed E-state index contributed by atoms with van der Waals surface area (Å²) < 4.78 is 9.98. The van der Waals surface area contributed by atoms with Gasteiger partial charge in [-0.2, -0.15) is 0 Å². The van der Waals surface area contributed by atoms with Gasteiger partial charge >= 0.3 is 12.0 Å². The third-order valence-electron chi connectivity index (χ3n) is 4.27. The Balaban J connectivity index is 1.97. The van der Waals surface area contributed by atoms with Gasteiger partial charge in [0.2, 0.25) is 0 Å². The highest BCUT2D eigenvalue weighted by Gasteiger charge is 2.37. The molecule has 0 radical (unpaired) electrons. The number of hydrogen-bond donors (Lipinski definition) is 1. The predicted molar refractivity (Wildman–Crippen MR) is 114 cm³/mol. The average Bonchev–Trinajstić information content (AvgIpc) is 2.73. The third kappa shape index (κ3) is 4.55. The fourth-order valence-electron chi connectivity index (χ4n) is 2.87. The van der Waals surface area contributed by atoms with Crippen LogP contribution in [0.5, 0.6) is 5.75 Å². The molecule has 1 saturated heterocycles. The number of nitrogens with zero attached hydrogens (tertiary/aromatic N) is 1. The summed E-state index contributed by atoms with van der Waals surface area (Å²) in [5.41, 5.74) is 0.471. The topological polar surface area (TPSA) is 102 Å². The molecule has 1 aliphatic rings. The van der Waals surface area contributed by atoms with Gasteiger partial charge in [-0.3, -0.25) is 14.9 Å². The molecule has 0 atom stereocenters. The lowest BCUT2D eigenvalue weighted by atomic mass is 10.1. The van der Waals surface area contributed by atoms with Gasteiger partial charge in [-0.15, -0.1) is 0 Å². The van der Waals surface area contributed by atoms with Crippen molar-refractivity contribution in [2.24, 2.45) is 0 Å². The van der Waals surface area contributed by atoms with E-state index in [1.807, 2.05) is 0 Å². The number of urea groups is 1. The van der Waals surface area contributed by atoms with E-state index in [1.54, 1.807) is 6.92 Å². The molecule has 0 aliphatic carbocycles. The summed E-state index contributed by atoms with van der Waals surface area (Å²) in [5.74, 6) is -1.99. The zero-order valence-electron chi connectivity index (χ0n) is 16.4. The number of esters is 1. The highest BCUT2D eigenvalue weighted by atomic mass is 35.5. The molecule has 0 spiro atoms. The van der Waals surface area contributed by atoms with E-state index >= 15 is 0 Å². The summed E-state index contributed by atoms with van der Waals surface area (Å²) in [6.07, 6.45) is 1.27. The van der Waals surface area contributed by atoms with E-state index in [0.29, 0.717) is 12.2 Å². The molecule has 0 saturated carbocycles. The molecular formula is C21H16Cl2N2O6. The van der Waals surface area contributed by atoms with Gasteiger partial charge < -0.3 is 9.47 Å². The van der Waals surface area contributed by atoms with Crippen LogP contribution in [0.1, 0.15) is 22.8 Å². The minimum atomic E-state index is -0.916. The maximum absolute atomic E-state index is 13.0. The van der Waals surface area contributed by atoms with Gasteiger partial charge in [-0.05, 0) is 55.0 Å². The summed E-state index contributed by atoms with van der Waals surface area (Å²) in [7, 11) is 1.24. The van der Waals surface area contributed by atoms with Crippen molar-refractivity contribution in [3.8, 4) is 5.75 Å². The van der Waals surface area contributed by atoms with Crippen molar-refractivity contribution < 1.29 is 28.7 Å². The van der Waals surface area contributed by atoms with Crippen LogP contribution in [0.4, 0.5) is 10.5 Å². The molecule has 0 aromatic heterocycles. The molecule has 3 rings (SSSR count). The van der Waals surface area contributed by atoms with Crippen LogP contribution in [0.3, 0.4) is 0 Å². The van der Waals surface area contributed by atoms with Crippen molar-refractivity contribution in [3.63, 3.8) is 0 Å². The van der Waals surface area contributed by atoms with E-state index in [1.165, 1.54) is 49.6 Å².